The Morgan fingerprint density at radius 1 is 1.17 bits per heavy atom. The molecule has 3 fully saturated rings. The topological polar surface area (TPSA) is 69.4 Å². The summed E-state index contributed by atoms with van der Waals surface area (Å²) in [5.41, 5.74) is 5.83. The number of rotatable bonds is 2. The summed E-state index contributed by atoms with van der Waals surface area (Å²) in [5, 5.41) is 0. The third-order valence-corrected chi connectivity index (χ3v) is 6.75. The highest BCUT2D eigenvalue weighted by atomic mass is 32.2. The van der Waals surface area contributed by atoms with E-state index in [1.165, 1.54) is 25.7 Å². The smallest absolute Gasteiger partial charge is 0.152 e. The first kappa shape index (κ1) is 12.9. The van der Waals surface area contributed by atoms with Crippen LogP contribution in [0.15, 0.2) is 0 Å². The molecular formula is C13H23NO3S. The molecule has 1 aliphatic carbocycles. The number of sulfone groups is 1. The van der Waals surface area contributed by atoms with Crippen LogP contribution in [0.4, 0.5) is 0 Å². The van der Waals surface area contributed by atoms with E-state index in [2.05, 4.69) is 0 Å². The zero-order valence-electron chi connectivity index (χ0n) is 10.9. The molecule has 3 aliphatic rings. The summed E-state index contributed by atoms with van der Waals surface area (Å²) in [6.07, 6.45) is 8.60. The van der Waals surface area contributed by atoms with Gasteiger partial charge in [-0.25, -0.2) is 8.42 Å². The lowest BCUT2D eigenvalue weighted by atomic mass is 9.91. The van der Waals surface area contributed by atoms with Crippen molar-refractivity contribution in [2.45, 2.75) is 68.6 Å². The van der Waals surface area contributed by atoms with E-state index in [1.807, 2.05) is 0 Å². The molecule has 0 amide bonds. The number of hydrogen-bond acceptors (Lipinski definition) is 4. The summed E-state index contributed by atoms with van der Waals surface area (Å²) in [4.78, 5) is 0. The fourth-order valence-corrected chi connectivity index (χ4v) is 5.98. The molecule has 104 valence electrons. The molecule has 1 spiro atoms. The van der Waals surface area contributed by atoms with Crippen LogP contribution in [0.25, 0.3) is 0 Å². The molecule has 2 saturated heterocycles. The lowest BCUT2D eigenvalue weighted by Crippen LogP contribution is -2.44. The first-order chi connectivity index (χ1) is 8.41. The fraction of sp³-hybridized carbons (Fsp3) is 1.00. The van der Waals surface area contributed by atoms with Gasteiger partial charge in [-0.1, -0.05) is 12.8 Å². The van der Waals surface area contributed by atoms with Crippen LogP contribution in [0, 0.1) is 0 Å². The Morgan fingerprint density at radius 2 is 1.89 bits per heavy atom. The first-order valence-electron chi connectivity index (χ1n) is 7.08. The molecule has 2 unspecified atom stereocenters. The quantitative estimate of drug-likeness (QED) is 0.825. The molecule has 3 rings (SSSR count). The van der Waals surface area contributed by atoms with Gasteiger partial charge in [-0.15, -0.1) is 0 Å². The van der Waals surface area contributed by atoms with Gasteiger partial charge in [-0.3, -0.25) is 0 Å². The molecule has 4 nitrogen and oxygen atoms in total. The molecule has 18 heavy (non-hydrogen) atoms. The van der Waals surface area contributed by atoms with Crippen LogP contribution in [-0.2, 0) is 14.6 Å². The zero-order chi connectivity index (χ0) is 12.9. The third-order valence-electron chi connectivity index (χ3n) is 4.91. The standard InChI is InChI=1S/C13H23NO3S/c14-12(7-8-18(15,16)10-12)9-11-3-6-13(17-11)4-1-2-5-13/h11H,1-10,14H2. The molecule has 0 bridgehead atoms. The molecule has 2 atom stereocenters. The van der Waals surface area contributed by atoms with Gasteiger partial charge in [0.15, 0.2) is 9.84 Å². The molecule has 1 saturated carbocycles. The van der Waals surface area contributed by atoms with Gasteiger partial charge >= 0.3 is 0 Å². The van der Waals surface area contributed by atoms with E-state index >= 15 is 0 Å². The van der Waals surface area contributed by atoms with Crippen molar-refractivity contribution >= 4 is 9.84 Å². The summed E-state index contributed by atoms with van der Waals surface area (Å²) in [6, 6.07) is 0. The Kier molecular flexibility index (Phi) is 2.99. The summed E-state index contributed by atoms with van der Waals surface area (Å²) in [6.45, 7) is 0. The minimum absolute atomic E-state index is 0.124. The molecule has 0 aromatic rings. The predicted molar refractivity (Wildman–Crippen MR) is 70.1 cm³/mol. The van der Waals surface area contributed by atoms with Crippen molar-refractivity contribution < 1.29 is 13.2 Å². The maximum Gasteiger partial charge on any atom is 0.152 e. The van der Waals surface area contributed by atoms with Gasteiger partial charge in [0.05, 0.1) is 23.2 Å². The molecule has 5 heteroatoms. The minimum Gasteiger partial charge on any atom is -0.372 e. The van der Waals surface area contributed by atoms with Crippen LogP contribution in [0.5, 0.6) is 0 Å². The molecule has 0 aromatic carbocycles. The SMILES string of the molecule is NC1(CC2CCC3(CCCC3)O2)CCS(=O)(=O)C1. The van der Waals surface area contributed by atoms with E-state index in [0.717, 1.165) is 12.8 Å². The van der Waals surface area contributed by atoms with Crippen molar-refractivity contribution in [3.8, 4) is 0 Å². The normalized spacial score (nSPS) is 41.7. The largest absolute Gasteiger partial charge is 0.372 e. The van der Waals surface area contributed by atoms with Crippen LogP contribution in [0.2, 0.25) is 0 Å². The van der Waals surface area contributed by atoms with Crippen molar-refractivity contribution in [2.75, 3.05) is 11.5 Å². The van der Waals surface area contributed by atoms with Crippen LogP contribution in [0.3, 0.4) is 0 Å². The predicted octanol–water partition coefficient (Wildman–Crippen LogP) is 1.38. The molecule has 0 radical (unpaired) electrons. The average Bonchev–Trinajstić information content (AvgIpc) is 2.92. The van der Waals surface area contributed by atoms with Crippen LogP contribution >= 0.6 is 0 Å². The molecule has 2 aliphatic heterocycles. The summed E-state index contributed by atoms with van der Waals surface area (Å²) < 4.78 is 29.3. The van der Waals surface area contributed by atoms with E-state index in [4.69, 9.17) is 10.5 Å². The second-order valence-corrected chi connectivity index (χ2v) is 8.76. The fourth-order valence-electron chi connectivity index (χ4n) is 3.98. The summed E-state index contributed by atoms with van der Waals surface area (Å²) >= 11 is 0. The van der Waals surface area contributed by atoms with Gasteiger partial charge in [-0.05, 0) is 38.5 Å². The van der Waals surface area contributed by atoms with Gasteiger partial charge in [-0.2, -0.15) is 0 Å². The zero-order valence-corrected chi connectivity index (χ0v) is 11.7. The molecule has 2 N–H and O–H groups in total. The Bertz CT molecular complexity index is 428. The molecule has 0 aromatic heterocycles. The highest BCUT2D eigenvalue weighted by molar-refractivity contribution is 7.91. The number of ether oxygens (including phenoxy) is 1. The van der Waals surface area contributed by atoms with Crippen molar-refractivity contribution in [1.82, 2.24) is 0 Å². The average molecular weight is 273 g/mol. The highest BCUT2D eigenvalue weighted by Crippen LogP contribution is 2.45. The number of nitrogens with two attached hydrogens (primary N) is 1. The van der Waals surface area contributed by atoms with E-state index in [-0.39, 0.29) is 23.2 Å². The van der Waals surface area contributed by atoms with Gasteiger partial charge in [0.1, 0.15) is 0 Å². The first-order valence-corrected chi connectivity index (χ1v) is 8.90. The maximum absolute atomic E-state index is 11.5. The Balaban J connectivity index is 1.61. The molecular weight excluding hydrogens is 250 g/mol. The third kappa shape index (κ3) is 2.45. The van der Waals surface area contributed by atoms with E-state index < -0.39 is 15.4 Å². The minimum atomic E-state index is -2.90. The Hall–Kier alpha value is -0.130. The second-order valence-electron chi connectivity index (χ2n) is 6.58. The van der Waals surface area contributed by atoms with Gasteiger partial charge in [0.25, 0.3) is 0 Å². The summed E-state index contributed by atoms with van der Waals surface area (Å²) in [7, 11) is -2.90. The lowest BCUT2D eigenvalue weighted by Gasteiger charge is -2.28. The monoisotopic (exact) mass is 273 g/mol. The second kappa shape index (κ2) is 4.18. The van der Waals surface area contributed by atoms with Gasteiger partial charge in [0, 0.05) is 5.54 Å². The highest BCUT2D eigenvalue weighted by Gasteiger charge is 2.46. The van der Waals surface area contributed by atoms with Crippen LogP contribution < -0.4 is 5.73 Å². The van der Waals surface area contributed by atoms with Crippen molar-refractivity contribution in [1.29, 1.82) is 0 Å². The van der Waals surface area contributed by atoms with Gasteiger partial charge in [0.2, 0.25) is 0 Å². The number of hydrogen-bond donors (Lipinski definition) is 1. The summed E-state index contributed by atoms with van der Waals surface area (Å²) in [5.74, 6) is 0.397. The van der Waals surface area contributed by atoms with Crippen molar-refractivity contribution in [2.24, 2.45) is 5.73 Å². The van der Waals surface area contributed by atoms with Crippen LogP contribution in [-0.4, -0.2) is 37.2 Å². The van der Waals surface area contributed by atoms with Crippen LogP contribution in [0.1, 0.15) is 51.4 Å². The van der Waals surface area contributed by atoms with Crippen molar-refractivity contribution in [3.63, 3.8) is 0 Å². The van der Waals surface area contributed by atoms with E-state index in [1.54, 1.807) is 0 Å². The van der Waals surface area contributed by atoms with E-state index in [9.17, 15) is 8.42 Å². The maximum atomic E-state index is 11.5. The van der Waals surface area contributed by atoms with E-state index in [0.29, 0.717) is 12.8 Å². The Morgan fingerprint density at radius 3 is 2.50 bits per heavy atom. The van der Waals surface area contributed by atoms with Crippen molar-refractivity contribution in [3.05, 3.63) is 0 Å². The lowest BCUT2D eigenvalue weighted by molar-refractivity contribution is -0.0448. The Labute approximate surface area is 109 Å². The van der Waals surface area contributed by atoms with Gasteiger partial charge < -0.3 is 10.5 Å². The molecule has 2 heterocycles.